The molecule has 0 heterocycles. The van der Waals surface area contributed by atoms with Gasteiger partial charge in [0.1, 0.15) is 0 Å². The number of hydrogen-bond acceptors (Lipinski definition) is 3. The summed E-state index contributed by atoms with van der Waals surface area (Å²) < 4.78 is 5.42. The van der Waals surface area contributed by atoms with Gasteiger partial charge in [0.2, 0.25) is 0 Å². The molecule has 0 aliphatic heterocycles. The highest BCUT2D eigenvalue weighted by atomic mass is 16.5. The van der Waals surface area contributed by atoms with Gasteiger partial charge in [-0.05, 0) is 23.5 Å². The van der Waals surface area contributed by atoms with Crippen LogP contribution in [-0.2, 0) is 11.2 Å². The molecule has 1 aliphatic carbocycles. The summed E-state index contributed by atoms with van der Waals surface area (Å²) in [5.41, 5.74) is 2.93. The molecule has 19 heavy (non-hydrogen) atoms. The molecule has 3 nitrogen and oxygen atoms in total. The number of rotatable bonds is 8. The van der Waals surface area contributed by atoms with E-state index in [9.17, 15) is 5.11 Å². The topological polar surface area (TPSA) is 41.5 Å². The maximum Gasteiger partial charge on any atom is 0.0897 e. The first-order valence-electron chi connectivity index (χ1n) is 7.21. The van der Waals surface area contributed by atoms with Crippen molar-refractivity contribution in [1.29, 1.82) is 0 Å². The maximum absolute atomic E-state index is 9.77. The van der Waals surface area contributed by atoms with Gasteiger partial charge in [-0.15, -0.1) is 0 Å². The third-order valence-electron chi connectivity index (χ3n) is 3.49. The zero-order valence-corrected chi connectivity index (χ0v) is 11.9. The molecule has 1 aromatic carbocycles. The van der Waals surface area contributed by atoms with E-state index in [1.54, 1.807) is 0 Å². The van der Waals surface area contributed by atoms with E-state index in [2.05, 4.69) is 43.4 Å². The Labute approximate surface area is 116 Å². The first-order valence-corrected chi connectivity index (χ1v) is 7.21. The Morgan fingerprint density at radius 3 is 2.84 bits per heavy atom. The van der Waals surface area contributed by atoms with E-state index in [0.29, 0.717) is 31.6 Å². The number of hydrogen-bond donors (Lipinski definition) is 2. The summed E-state index contributed by atoms with van der Waals surface area (Å²) in [5, 5.41) is 13.1. The average Bonchev–Trinajstić information content (AvgIpc) is 2.34. The predicted octanol–water partition coefficient (Wildman–Crippen LogP) is 1.95. The summed E-state index contributed by atoms with van der Waals surface area (Å²) in [5.74, 6) is 1.13. The summed E-state index contributed by atoms with van der Waals surface area (Å²) in [6, 6.07) is 8.59. The molecule has 0 aromatic heterocycles. The third kappa shape index (κ3) is 4.30. The molecule has 1 aliphatic rings. The van der Waals surface area contributed by atoms with Crippen molar-refractivity contribution in [1.82, 2.24) is 5.32 Å². The van der Waals surface area contributed by atoms with Crippen molar-refractivity contribution in [3.8, 4) is 0 Å². The summed E-state index contributed by atoms with van der Waals surface area (Å²) in [4.78, 5) is 0. The lowest BCUT2D eigenvalue weighted by atomic mass is 9.77. The SMILES string of the molecule is CC(C)COCC(O)CNCC1Cc2ccccc21. The summed E-state index contributed by atoms with van der Waals surface area (Å²) in [6.07, 6.45) is 0.748. The predicted molar refractivity (Wildman–Crippen MR) is 77.4 cm³/mol. The second-order valence-electron chi connectivity index (χ2n) is 5.84. The highest BCUT2D eigenvalue weighted by Crippen LogP contribution is 2.33. The lowest BCUT2D eigenvalue weighted by Gasteiger charge is -2.30. The molecule has 0 fully saturated rings. The average molecular weight is 263 g/mol. The third-order valence-corrected chi connectivity index (χ3v) is 3.49. The van der Waals surface area contributed by atoms with E-state index in [-0.39, 0.29) is 0 Å². The van der Waals surface area contributed by atoms with Crippen LogP contribution in [0.4, 0.5) is 0 Å². The molecule has 0 saturated heterocycles. The van der Waals surface area contributed by atoms with E-state index in [4.69, 9.17) is 4.74 Å². The number of aliphatic hydroxyl groups excluding tert-OH is 1. The van der Waals surface area contributed by atoms with Gasteiger partial charge in [-0.25, -0.2) is 0 Å². The van der Waals surface area contributed by atoms with Crippen LogP contribution in [0.25, 0.3) is 0 Å². The largest absolute Gasteiger partial charge is 0.389 e. The van der Waals surface area contributed by atoms with Gasteiger partial charge in [0.05, 0.1) is 12.7 Å². The van der Waals surface area contributed by atoms with E-state index in [1.165, 1.54) is 11.1 Å². The van der Waals surface area contributed by atoms with Crippen molar-refractivity contribution < 1.29 is 9.84 Å². The van der Waals surface area contributed by atoms with Gasteiger partial charge in [-0.2, -0.15) is 0 Å². The smallest absolute Gasteiger partial charge is 0.0897 e. The van der Waals surface area contributed by atoms with Crippen LogP contribution in [-0.4, -0.2) is 37.5 Å². The van der Waals surface area contributed by atoms with Gasteiger partial charge in [-0.1, -0.05) is 38.1 Å². The minimum absolute atomic E-state index is 0.408. The number of fused-ring (bicyclic) bond motifs is 1. The van der Waals surface area contributed by atoms with Crippen LogP contribution in [0.3, 0.4) is 0 Å². The van der Waals surface area contributed by atoms with Gasteiger partial charge in [0.15, 0.2) is 0 Å². The number of ether oxygens (including phenoxy) is 1. The van der Waals surface area contributed by atoms with Crippen LogP contribution >= 0.6 is 0 Å². The Morgan fingerprint density at radius 1 is 1.32 bits per heavy atom. The van der Waals surface area contributed by atoms with Crippen LogP contribution < -0.4 is 5.32 Å². The fraction of sp³-hybridized carbons (Fsp3) is 0.625. The molecule has 2 N–H and O–H groups in total. The molecule has 0 spiro atoms. The van der Waals surface area contributed by atoms with Crippen LogP contribution in [0.15, 0.2) is 24.3 Å². The number of aliphatic hydroxyl groups is 1. The minimum Gasteiger partial charge on any atom is -0.389 e. The lowest BCUT2D eigenvalue weighted by Crippen LogP contribution is -2.35. The van der Waals surface area contributed by atoms with Gasteiger partial charge in [0.25, 0.3) is 0 Å². The Balaban J connectivity index is 1.58. The van der Waals surface area contributed by atoms with Crippen LogP contribution in [0, 0.1) is 5.92 Å². The van der Waals surface area contributed by atoms with Gasteiger partial charge < -0.3 is 15.2 Å². The quantitative estimate of drug-likeness (QED) is 0.753. The van der Waals surface area contributed by atoms with Crippen molar-refractivity contribution in [2.75, 3.05) is 26.3 Å². The van der Waals surface area contributed by atoms with Gasteiger partial charge in [-0.3, -0.25) is 0 Å². The summed E-state index contributed by atoms with van der Waals surface area (Å²) in [6.45, 7) is 6.91. The Bertz CT molecular complexity index is 392. The molecule has 0 saturated carbocycles. The highest BCUT2D eigenvalue weighted by molar-refractivity contribution is 5.40. The summed E-state index contributed by atoms with van der Waals surface area (Å²) in [7, 11) is 0. The number of nitrogens with one attached hydrogen (secondary N) is 1. The Hall–Kier alpha value is -0.900. The van der Waals surface area contributed by atoms with Crippen LogP contribution in [0.1, 0.15) is 30.9 Å². The Morgan fingerprint density at radius 2 is 2.11 bits per heavy atom. The Kier molecular flexibility index (Phi) is 5.37. The van der Waals surface area contributed by atoms with E-state index in [0.717, 1.165) is 13.0 Å². The molecule has 3 heteroatoms. The lowest BCUT2D eigenvalue weighted by molar-refractivity contribution is 0.0260. The first-order chi connectivity index (χ1) is 9.16. The fourth-order valence-electron chi connectivity index (χ4n) is 2.47. The minimum atomic E-state index is -0.408. The molecule has 0 radical (unpaired) electrons. The van der Waals surface area contributed by atoms with E-state index < -0.39 is 6.10 Å². The molecule has 1 aromatic rings. The van der Waals surface area contributed by atoms with Crippen molar-refractivity contribution in [3.63, 3.8) is 0 Å². The molecule has 0 bridgehead atoms. The molecule has 2 atom stereocenters. The second kappa shape index (κ2) is 7.04. The molecule has 106 valence electrons. The molecule has 0 amide bonds. The normalized spacial score (nSPS) is 19.1. The van der Waals surface area contributed by atoms with Crippen molar-refractivity contribution in [2.24, 2.45) is 5.92 Å². The van der Waals surface area contributed by atoms with Gasteiger partial charge >= 0.3 is 0 Å². The van der Waals surface area contributed by atoms with Crippen LogP contribution in [0.2, 0.25) is 0 Å². The summed E-state index contributed by atoms with van der Waals surface area (Å²) >= 11 is 0. The highest BCUT2D eigenvalue weighted by Gasteiger charge is 2.24. The zero-order valence-electron chi connectivity index (χ0n) is 11.9. The van der Waals surface area contributed by atoms with Crippen molar-refractivity contribution in [2.45, 2.75) is 32.3 Å². The monoisotopic (exact) mass is 263 g/mol. The second-order valence-corrected chi connectivity index (χ2v) is 5.84. The zero-order chi connectivity index (χ0) is 13.7. The molecule has 2 unspecified atom stereocenters. The molecular formula is C16H25NO2. The first kappa shape index (κ1) is 14.5. The molecule has 2 rings (SSSR count). The standard InChI is InChI=1S/C16H25NO2/c1-12(2)10-19-11-15(18)9-17-8-14-7-13-5-3-4-6-16(13)14/h3-6,12,14-15,17-18H,7-11H2,1-2H3. The fourth-order valence-corrected chi connectivity index (χ4v) is 2.47. The van der Waals surface area contributed by atoms with Crippen molar-refractivity contribution >= 4 is 0 Å². The maximum atomic E-state index is 9.77. The van der Waals surface area contributed by atoms with Crippen LogP contribution in [0.5, 0.6) is 0 Å². The van der Waals surface area contributed by atoms with E-state index in [1.807, 2.05) is 0 Å². The van der Waals surface area contributed by atoms with E-state index >= 15 is 0 Å². The van der Waals surface area contributed by atoms with Gasteiger partial charge in [0, 0.05) is 25.6 Å². The molecular weight excluding hydrogens is 238 g/mol. The van der Waals surface area contributed by atoms with Crippen molar-refractivity contribution in [3.05, 3.63) is 35.4 Å². The number of benzene rings is 1.